The summed E-state index contributed by atoms with van der Waals surface area (Å²) in [5, 5.41) is 8.71. The summed E-state index contributed by atoms with van der Waals surface area (Å²) in [6.07, 6.45) is -9.39. The molecule has 0 aliphatic rings. The molecule has 0 atom stereocenters. The quantitative estimate of drug-likeness (QED) is 0.738. The Bertz CT molecular complexity index is 756. The van der Waals surface area contributed by atoms with Gasteiger partial charge in [-0.2, -0.15) is 31.6 Å². The average Bonchev–Trinajstić information content (AvgIpc) is 2.46. The average molecular weight is 330 g/mol. The Labute approximate surface area is 127 Å². The Morgan fingerprint density at radius 1 is 0.957 bits per heavy atom. The molecule has 0 amide bonds. The van der Waals surface area contributed by atoms with Crippen LogP contribution in [0, 0.1) is 11.3 Å². The van der Waals surface area contributed by atoms with Crippen molar-refractivity contribution in [1.82, 2.24) is 4.98 Å². The molecule has 0 bridgehead atoms. The minimum absolute atomic E-state index is 0.141. The summed E-state index contributed by atoms with van der Waals surface area (Å²) in [7, 11) is 0. The Morgan fingerprint density at radius 3 is 2.17 bits per heavy atom. The summed E-state index contributed by atoms with van der Waals surface area (Å²) in [5.41, 5.74) is -3.19. The summed E-state index contributed by atoms with van der Waals surface area (Å²) in [6, 6.07) is 6.51. The zero-order valence-electron chi connectivity index (χ0n) is 11.3. The van der Waals surface area contributed by atoms with Crippen LogP contribution in [-0.2, 0) is 18.8 Å². The molecular formula is C15H8F6N2. The first-order valence-corrected chi connectivity index (χ1v) is 6.24. The first-order chi connectivity index (χ1) is 10.6. The zero-order valence-corrected chi connectivity index (χ0v) is 11.3. The van der Waals surface area contributed by atoms with Crippen LogP contribution in [0.4, 0.5) is 26.3 Å². The fourth-order valence-electron chi connectivity index (χ4n) is 2.06. The monoisotopic (exact) mass is 330 g/mol. The zero-order chi connectivity index (χ0) is 17.3. The van der Waals surface area contributed by atoms with Crippen molar-refractivity contribution in [3.8, 4) is 17.2 Å². The lowest BCUT2D eigenvalue weighted by Gasteiger charge is -2.16. The number of halogens is 6. The first kappa shape index (κ1) is 16.8. The van der Waals surface area contributed by atoms with E-state index in [4.69, 9.17) is 5.26 Å². The number of pyridine rings is 1. The van der Waals surface area contributed by atoms with Crippen molar-refractivity contribution in [2.75, 3.05) is 0 Å². The summed E-state index contributed by atoms with van der Waals surface area (Å²) >= 11 is 0. The molecule has 1 aromatic carbocycles. The van der Waals surface area contributed by atoms with Crippen molar-refractivity contribution >= 4 is 0 Å². The second kappa shape index (κ2) is 5.91. The van der Waals surface area contributed by atoms with E-state index in [0.29, 0.717) is 12.3 Å². The normalized spacial score (nSPS) is 12.0. The fraction of sp³-hybridized carbons (Fsp3) is 0.200. The van der Waals surface area contributed by atoms with E-state index in [9.17, 15) is 26.3 Å². The maximum Gasteiger partial charge on any atom is 0.417 e. The lowest BCUT2D eigenvalue weighted by Crippen LogP contribution is -2.10. The summed E-state index contributed by atoms with van der Waals surface area (Å²) in [5.74, 6) is 0. The molecule has 2 rings (SSSR count). The largest absolute Gasteiger partial charge is 0.417 e. The highest BCUT2D eigenvalue weighted by molar-refractivity contribution is 5.71. The van der Waals surface area contributed by atoms with Gasteiger partial charge in [0.15, 0.2) is 0 Å². The van der Waals surface area contributed by atoms with Gasteiger partial charge in [0.05, 0.1) is 29.3 Å². The van der Waals surface area contributed by atoms with Crippen molar-refractivity contribution in [3.63, 3.8) is 0 Å². The molecular weight excluding hydrogens is 322 g/mol. The number of nitriles is 1. The SMILES string of the molecule is N#CCc1ncc(C(F)(F)F)cc1-c1ccccc1C(F)(F)F. The molecule has 0 saturated carbocycles. The molecule has 0 aliphatic heterocycles. The molecule has 0 N–H and O–H groups in total. The molecule has 0 saturated heterocycles. The second-order valence-electron chi connectivity index (χ2n) is 4.59. The molecule has 23 heavy (non-hydrogen) atoms. The Kier molecular flexibility index (Phi) is 4.32. The predicted octanol–water partition coefficient (Wildman–Crippen LogP) is 4.85. The highest BCUT2D eigenvalue weighted by Crippen LogP contribution is 2.39. The molecule has 8 heteroatoms. The van der Waals surface area contributed by atoms with Crippen LogP contribution in [0.25, 0.3) is 11.1 Å². The van der Waals surface area contributed by atoms with Gasteiger partial charge in [0.25, 0.3) is 0 Å². The first-order valence-electron chi connectivity index (χ1n) is 6.24. The van der Waals surface area contributed by atoms with Gasteiger partial charge in [-0.15, -0.1) is 0 Å². The third-order valence-electron chi connectivity index (χ3n) is 3.07. The molecule has 0 unspecified atom stereocenters. The minimum atomic E-state index is -4.75. The molecule has 120 valence electrons. The van der Waals surface area contributed by atoms with E-state index in [1.165, 1.54) is 6.07 Å². The lowest BCUT2D eigenvalue weighted by molar-refractivity contribution is -0.138. The van der Waals surface area contributed by atoms with Crippen LogP contribution in [0.5, 0.6) is 0 Å². The molecule has 0 spiro atoms. The van der Waals surface area contributed by atoms with Gasteiger partial charge in [-0.3, -0.25) is 4.98 Å². The third kappa shape index (κ3) is 3.62. The van der Waals surface area contributed by atoms with E-state index >= 15 is 0 Å². The van der Waals surface area contributed by atoms with Crippen molar-refractivity contribution in [1.29, 1.82) is 5.26 Å². The Balaban J connectivity index is 2.74. The minimum Gasteiger partial charge on any atom is -0.259 e. The van der Waals surface area contributed by atoms with Gasteiger partial charge in [-0.1, -0.05) is 18.2 Å². The molecule has 0 fully saturated rings. The van der Waals surface area contributed by atoms with Crippen molar-refractivity contribution in [3.05, 3.63) is 53.3 Å². The number of benzene rings is 1. The Morgan fingerprint density at radius 2 is 1.61 bits per heavy atom. The molecule has 2 aromatic rings. The van der Waals surface area contributed by atoms with E-state index in [-0.39, 0.29) is 11.3 Å². The van der Waals surface area contributed by atoms with Crippen LogP contribution < -0.4 is 0 Å². The van der Waals surface area contributed by atoms with Gasteiger partial charge in [0.2, 0.25) is 0 Å². The van der Waals surface area contributed by atoms with Gasteiger partial charge in [-0.05, 0) is 17.7 Å². The van der Waals surface area contributed by atoms with Crippen LogP contribution in [0.3, 0.4) is 0 Å². The summed E-state index contributed by atoms with van der Waals surface area (Å²) in [4.78, 5) is 3.52. The number of alkyl halides is 6. The number of aromatic nitrogens is 1. The highest BCUT2D eigenvalue weighted by atomic mass is 19.4. The van der Waals surface area contributed by atoms with Crippen molar-refractivity contribution in [2.45, 2.75) is 18.8 Å². The van der Waals surface area contributed by atoms with Gasteiger partial charge in [-0.25, -0.2) is 0 Å². The van der Waals surface area contributed by atoms with E-state index in [1.54, 1.807) is 6.07 Å². The third-order valence-corrected chi connectivity index (χ3v) is 3.07. The number of hydrogen-bond acceptors (Lipinski definition) is 2. The van der Waals surface area contributed by atoms with Crippen LogP contribution >= 0.6 is 0 Å². The Hall–Kier alpha value is -2.56. The van der Waals surface area contributed by atoms with E-state index in [0.717, 1.165) is 18.2 Å². The van der Waals surface area contributed by atoms with Gasteiger partial charge >= 0.3 is 12.4 Å². The van der Waals surface area contributed by atoms with Crippen molar-refractivity contribution < 1.29 is 26.3 Å². The second-order valence-corrected chi connectivity index (χ2v) is 4.59. The van der Waals surface area contributed by atoms with Crippen molar-refractivity contribution in [2.24, 2.45) is 0 Å². The smallest absolute Gasteiger partial charge is 0.259 e. The topological polar surface area (TPSA) is 36.7 Å². The molecule has 0 aliphatic carbocycles. The van der Waals surface area contributed by atoms with Gasteiger partial charge in [0, 0.05) is 11.8 Å². The number of hydrogen-bond donors (Lipinski definition) is 0. The highest BCUT2D eigenvalue weighted by Gasteiger charge is 2.36. The molecule has 2 nitrogen and oxygen atoms in total. The van der Waals surface area contributed by atoms with Crippen LogP contribution in [0.15, 0.2) is 36.5 Å². The summed E-state index contributed by atoms with van der Waals surface area (Å²) in [6.45, 7) is 0. The van der Waals surface area contributed by atoms with Gasteiger partial charge < -0.3 is 0 Å². The predicted molar refractivity (Wildman–Crippen MR) is 69.0 cm³/mol. The van der Waals surface area contributed by atoms with Crippen LogP contribution in [-0.4, -0.2) is 4.98 Å². The molecule has 1 heterocycles. The number of rotatable bonds is 2. The van der Waals surface area contributed by atoms with Crippen LogP contribution in [0.1, 0.15) is 16.8 Å². The maximum atomic E-state index is 13.1. The van der Waals surface area contributed by atoms with E-state index in [1.807, 2.05) is 0 Å². The standard InChI is InChI=1S/C15H8F6N2/c16-14(17,18)9-7-11(13(5-6-22)23-8-9)10-3-1-2-4-12(10)15(19,20)21/h1-4,7-8H,5H2. The van der Waals surface area contributed by atoms with E-state index in [2.05, 4.69) is 4.98 Å². The summed E-state index contributed by atoms with van der Waals surface area (Å²) < 4.78 is 77.7. The van der Waals surface area contributed by atoms with Gasteiger partial charge in [0.1, 0.15) is 0 Å². The number of nitrogens with zero attached hydrogens (tertiary/aromatic N) is 2. The van der Waals surface area contributed by atoms with Crippen LogP contribution in [0.2, 0.25) is 0 Å². The fourth-order valence-corrected chi connectivity index (χ4v) is 2.06. The maximum absolute atomic E-state index is 13.1. The molecule has 1 aromatic heterocycles. The van der Waals surface area contributed by atoms with E-state index < -0.39 is 35.5 Å². The lowest BCUT2D eigenvalue weighted by atomic mass is 9.95. The molecule has 0 radical (unpaired) electrons.